The van der Waals surface area contributed by atoms with Crippen LogP contribution in [-0.2, 0) is 14.8 Å². The quantitative estimate of drug-likeness (QED) is 0.614. The third kappa shape index (κ3) is 4.90. The Morgan fingerprint density at radius 2 is 1.93 bits per heavy atom. The van der Waals surface area contributed by atoms with E-state index in [0.29, 0.717) is 6.54 Å². The molecule has 0 fully saturated rings. The minimum absolute atomic E-state index is 0.125. The lowest BCUT2D eigenvalue weighted by Gasteiger charge is -2.15. The van der Waals surface area contributed by atoms with Crippen molar-refractivity contribution in [1.29, 1.82) is 0 Å². The van der Waals surface area contributed by atoms with Gasteiger partial charge in [-0.15, -0.1) is 0 Å². The Morgan fingerprint density at radius 1 is 1.36 bits per heavy atom. The minimum atomic E-state index is -3.24. The van der Waals surface area contributed by atoms with Crippen LogP contribution in [0.5, 0.6) is 0 Å². The van der Waals surface area contributed by atoms with Gasteiger partial charge in [0, 0.05) is 19.7 Å². The van der Waals surface area contributed by atoms with Crippen molar-refractivity contribution in [3.05, 3.63) is 0 Å². The van der Waals surface area contributed by atoms with Gasteiger partial charge in [-0.25, -0.2) is 13.1 Å². The largest absolute Gasteiger partial charge is 0.383 e. The van der Waals surface area contributed by atoms with Crippen LogP contribution in [-0.4, -0.2) is 47.0 Å². The molecule has 0 amide bonds. The second-order valence-corrected chi connectivity index (χ2v) is 5.53. The van der Waals surface area contributed by atoms with Crippen LogP contribution in [0, 0.1) is 0 Å². The Morgan fingerprint density at radius 3 is 2.36 bits per heavy atom. The molecule has 0 rings (SSSR count). The number of nitrogens with one attached hydrogen (secondary N) is 2. The molecule has 0 bridgehead atoms. The molecular formula is C8H20N2O3S. The van der Waals surface area contributed by atoms with Gasteiger partial charge in [0.1, 0.15) is 0 Å². The van der Waals surface area contributed by atoms with Crippen molar-refractivity contribution in [2.75, 3.05) is 27.3 Å². The van der Waals surface area contributed by atoms with Gasteiger partial charge in [-0.1, -0.05) is 0 Å². The van der Waals surface area contributed by atoms with E-state index >= 15 is 0 Å². The summed E-state index contributed by atoms with van der Waals surface area (Å²) >= 11 is 0. The Balaban J connectivity index is 4.07. The van der Waals surface area contributed by atoms with Gasteiger partial charge in [0.15, 0.2) is 0 Å². The first kappa shape index (κ1) is 13.8. The fourth-order valence-electron chi connectivity index (χ4n) is 0.810. The Kier molecular flexibility index (Phi) is 6.26. The van der Waals surface area contributed by atoms with Crippen LogP contribution in [0.4, 0.5) is 0 Å². The second kappa shape index (κ2) is 6.34. The molecule has 5 nitrogen and oxygen atoms in total. The monoisotopic (exact) mass is 224 g/mol. The maximum absolute atomic E-state index is 11.5. The first-order chi connectivity index (χ1) is 6.44. The van der Waals surface area contributed by atoms with Crippen LogP contribution in [0.1, 0.15) is 13.8 Å². The Labute approximate surface area is 86.3 Å². The molecular weight excluding hydrogens is 204 g/mol. The highest BCUT2D eigenvalue weighted by Crippen LogP contribution is 1.98. The highest BCUT2D eigenvalue weighted by molar-refractivity contribution is 7.90. The molecule has 0 aliphatic rings. The van der Waals surface area contributed by atoms with E-state index in [1.807, 2.05) is 6.92 Å². The first-order valence-corrected chi connectivity index (χ1v) is 6.13. The van der Waals surface area contributed by atoms with Gasteiger partial charge in [-0.2, -0.15) is 0 Å². The maximum Gasteiger partial charge on any atom is 0.216 e. The number of ether oxygens (including phenoxy) is 1. The number of rotatable bonds is 7. The van der Waals surface area contributed by atoms with E-state index in [1.54, 1.807) is 14.0 Å². The topological polar surface area (TPSA) is 67.4 Å². The van der Waals surface area contributed by atoms with Gasteiger partial charge in [0.05, 0.1) is 11.9 Å². The summed E-state index contributed by atoms with van der Waals surface area (Å²) in [6.07, 6.45) is 0. The van der Waals surface area contributed by atoms with Gasteiger partial charge < -0.3 is 10.1 Å². The zero-order valence-electron chi connectivity index (χ0n) is 9.20. The van der Waals surface area contributed by atoms with E-state index in [4.69, 9.17) is 4.74 Å². The summed E-state index contributed by atoms with van der Waals surface area (Å²) in [6, 6.07) is 0.125. The molecule has 0 saturated carbocycles. The molecule has 2 N–H and O–H groups in total. The van der Waals surface area contributed by atoms with Crippen LogP contribution >= 0.6 is 0 Å². The van der Waals surface area contributed by atoms with Crippen LogP contribution < -0.4 is 10.0 Å². The summed E-state index contributed by atoms with van der Waals surface area (Å²) in [5.74, 6) is 0. The van der Waals surface area contributed by atoms with E-state index in [2.05, 4.69) is 10.0 Å². The molecule has 0 aromatic carbocycles. The number of sulfonamides is 1. The number of hydrogen-bond donors (Lipinski definition) is 2. The van der Waals surface area contributed by atoms with Gasteiger partial charge in [-0.05, 0) is 20.9 Å². The van der Waals surface area contributed by atoms with Crippen molar-refractivity contribution in [2.45, 2.75) is 25.1 Å². The second-order valence-electron chi connectivity index (χ2n) is 3.35. The smallest absolute Gasteiger partial charge is 0.216 e. The zero-order valence-corrected chi connectivity index (χ0v) is 10.0. The van der Waals surface area contributed by atoms with Gasteiger partial charge in [0.2, 0.25) is 10.0 Å². The summed E-state index contributed by atoms with van der Waals surface area (Å²) in [6.45, 7) is 4.13. The molecule has 0 aliphatic heterocycles. The highest BCUT2D eigenvalue weighted by Gasteiger charge is 2.20. The maximum atomic E-state index is 11.5. The lowest BCUT2D eigenvalue weighted by molar-refractivity contribution is 0.200. The normalized spacial score (nSPS) is 16.6. The summed E-state index contributed by atoms with van der Waals surface area (Å²) in [5.41, 5.74) is 0. The lowest BCUT2D eigenvalue weighted by atomic mass is 10.4. The summed E-state index contributed by atoms with van der Waals surface area (Å²) in [4.78, 5) is 0. The highest BCUT2D eigenvalue weighted by atomic mass is 32.2. The van der Waals surface area contributed by atoms with Crippen molar-refractivity contribution in [1.82, 2.24) is 10.0 Å². The summed E-state index contributed by atoms with van der Waals surface area (Å²) in [5, 5.41) is 2.43. The molecule has 0 aromatic heterocycles. The van der Waals surface area contributed by atoms with Crippen molar-refractivity contribution >= 4 is 10.0 Å². The van der Waals surface area contributed by atoms with Gasteiger partial charge >= 0.3 is 0 Å². The number of methoxy groups -OCH3 is 1. The molecule has 86 valence electrons. The van der Waals surface area contributed by atoms with Crippen molar-refractivity contribution in [2.24, 2.45) is 0 Å². The van der Waals surface area contributed by atoms with E-state index in [9.17, 15) is 8.42 Å². The standard InChI is InChI=1S/C8H20N2O3S/c1-7(9-3)5-10-14(11,12)8(2)6-13-4/h7-10H,5-6H2,1-4H3. The summed E-state index contributed by atoms with van der Waals surface area (Å²) < 4.78 is 30.4. The molecule has 0 aromatic rings. The predicted octanol–water partition coefficient (Wildman–Crippen LogP) is -0.451. The average Bonchev–Trinajstić information content (AvgIpc) is 2.14. The number of likely N-dealkylation sites (N-methyl/N-ethyl adjacent to an activating group) is 1. The number of hydrogen-bond acceptors (Lipinski definition) is 4. The molecule has 0 saturated heterocycles. The molecule has 0 radical (unpaired) electrons. The molecule has 0 aliphatic carbocycles. The van der Waals surface area contributed by atoms with Crippen LogP contribution in [0.15, 0.2) is 0 Å². The van der Waals surface area contributed by atoms with E-state index in [-0.39, 0.29) is 12.6 Å². The predicted molar refractivity (Wildman–Crippen MR) is 56.8 cm³/mol. The van der Waals surface area contributed by atoms with Gasteiger partial charge in [-0.3, -0.25) is 0 Å². The first-order valence-electron chi connectivity index (χ1n) is 4.58. The van der Waals surface area contributed by atoms with Crippen LogP contribution in [0.25, 0.3) is 0 Å². The zero-order chi connectivity index (χ0) is 11.2. The molecule has 14 heavy (non-hydrogen) atoms. The third-order valence-electron chi connectivity index (χ3n) is 2.01. The van der Waals surface area contributed by atoms with Crippen molar-refractivity contribution in [3.8, 4) is 0 Å². The molecule has 2 atom stereocenters. The summed E-state index contributed by atoms with van der Waals surface area (Å²) in [7, 11) is 0.0350. The van der Waals surface area contributed by atoms with Crippen LogP contribution in [0.3, 0.4) is 0 Å². The average molecular weight is 224 g/mol. The Bertz CT molecular complexity index is 241. The fourth-order valence-corrected chi connectivity index (χ4v) is 1.89. The molecule has 2 unspecified atom stereocenters. The fraction of sp³-hybridized carbons (Fsp3) is 1.00. The van der Waals surface area contributed by atoms with E-state index < -0.39 is 15.3 Å². The lowest BCUT2D eigenvalue weighted by Crippen LogP contribution is -2.41. The molecule has 0 spiro atoms. The van der Waals surface area contributed by atoms with Crippen molar-refractivity contribution < 1.29 is 13.2 Å². The van der Waals surface area contributed by atoms with Crippen LogP contribution in [0.2, 0.25) is 0 Å². The molecule has 0 heterocycles. The van der Waals surface area contributed by atoms with E-state index in [1.165, 1.54) is 7.11 Å². The van der Waals surface area contributed by atoms with Crippen molar-refractivity contribution in [3.63, 3.8) is 0 Å². The third-order valence-corrected chi connectivity index (χ3v) is 3.78. The minimum Gasteiger partial charge on any atom is -0.383 e. The van der Waals surface area contributed by atoms with E-state index in [0.717, 1.165) is 0 Å². The Hall–Kier alpha value is -0.170. The SMILES string of the molecule is CNC(C)CNS(=O)(=O)C(C)COC. The van der Waals surface area contributed by atoms with Gasteiger partial charge in [0.25, 0.3) is 0 Å². The molecule has 6 heteroatoms.